The Balaban J connectivity index is 1.66. The van der Waals surface area contributed by atoms with E-state index in [-0.39, 0.29) is 29.1 Å². The highest BCUT2D eigenvalue weighted by Gasteiger charge is 2.33. The van der Waals surface area contributed by atoms with E-state index in [1.165, 1.54) is 29.2 Å². The molecule has 9 heteroatoms. The van der Waals surface area contributed by atoms with Crippen LogP contribution < -0.4 is 9.62 Å². The first kappa shape index (κ1) is 28.3. The SMILES string of the molecule is Cc1ccc(CN(C(=O)CN(c2ccc(F)cc2)S(=O)(=O)c2ccccc2)[C@H](C)C(=O)NC2CCCC2)cc1. The van der Waals surface area contributed by atoms with Crippen LogP contribution in [0.1, 0.15) is 43.7 Å². The van der Waals surface area contributed by atoms with Gasteiger partial charge in [-0.25, -0.2) is 12.8 Å². The largest absolute Gasteiger partial charge is 0.352 e. The monoisotopic (exact) mass is 551 g/mol. The fraction of sp³-hybridized carbons (Fsp3) is 0.333. The van der Waals surface area contributed by atoms with Crippen molar-refractivity contribution in [1.82, 2.24) is 10.2 Å². The number of amides is 2. The van der Waals surface area contributed by atoms with E-state index >= 15 is 0 Å². The summed E-state index contributed by atoms with van der Waals surface area (Å²) in [6.07, 6.45) is 3.90. The van der Waals surface area contributed by atoms with Gasteiger partial charge in [0, 0.05) is 12.6 Å². The second-order valence-corrected chi connectivity index (χ2v) is 11.8. The summed E-state index contributed by atoms with van der Waals surface area (Å²) in [5.74, 6) is -1.35. The highest BCUT2D eigenvalue weighted by atomic mass is 32.2. The maximum atomic E-state index is 13.9. The molecule has 7 nitrogen and oxygen atoms in total. The van der Waals surface area contributed by atoms with Gasteiger partial charge in [0.15, 0.2) is 0 Å². The number of hydrogen-bond donors (Lipinski definition) is 1. The van der Waals surface area contributed by atoms with Crippen LogP contribution in [0, 0.1) is 12.7 Å². The molecule has 1 saturated carbocycles. The molecule has 0 spiro atoms. The topological polar surface area (TPSA) is 86.8 Å². The van der Waals surface area contributed by atoms with Crippen LogP contribution in [-0.4, -0.2) is 43.8 Å². The molecule has 0 heterocycles. The lowest BCUT2D eigenvalue weighted by Crippen LogP contribution is -2.52. The number of sulfonamides is 1. The van der Waals surface area contributed by atoms with Crippen LogP contribution in [0.4, 0.5) is 10.1 Å². The van der Waals surface area contributed by atoms with Gasteiger partial charge in [0.25, 0.3) is 10.0 Å². The molecule has 3 aromatic rings. The van der Waals surface area contributed by atoms with Crippen molar-refractivity contribution in [1.29, 1.82) is 0 Å². The number of carbonyl (C=O) groups is 2. The molecule has 1 aliphatic rings. The second-order valence-electron chi connectivity index (χ2n) is 9.97. The number of hydrogen-bond acceptors (Lipinski definition) is 4. The minimum Gasteiger partial charge on any atom is -0.352 e. The number of carbonyl (C=O) groups excluding carboxylic acids is 2. The van der Waals surface area contributed by atoms with E-state index in [4.69, 9.17) is 0 Å². The van der Waals surface area contributed by atoms with E-state index in [0.717, 1.165) is 53.2 Å². The van der Waals surface area contributed by atoms with E-state index in [1.807, 2.05) is 31.2 Å². The molecule has 0 saturated heterocycles. The Kier molecular flexibility index (Phi) is 9.01. The molecule has 1 N–H and O–H groups in total. The van der Waals surface area contributed by atoms with Crippen LogP contribution in [0.3, 0.4) is 0 Å². The minimum absolute atomic E-state index is 0.000709. The smallest absolute Gasteiger partial charge is 0.264 e. The minimum atomic E-state index is -4.18. The summed E-state index contributed by atoms with van der Waals surface area (Å²) in [6, 6.07) is 19.6. The Bertz CT molecular complexity index is 1370. The number of nitrogens with one attached hydrogen (secondary N) is 1. The third kappa shape index (κ3) is 7.03. The Morgan fingerprint density at radius 1 is 0.949 bits per heavy atom. The summed E-state index contributed by atoms with van der Waals surface area (Å²) in [7, 11) is -4.18. The van der Waals surface area contributed by atoms with Crippen molar-refractivity contribution in [3.63, 3.8) is 0 Å². The maximum absolute atomic E-state index is 13.9. The predicted molar refractivity (Wildman–Crippen MR) is 149 cm³/mol. The lowest BCUT2D eigenvalue weighted by atomic mass is 10.1. The van der Waals surface area contributed by atoms with Gasteiger partial charge in [-0.05, 0) is 68.7 Å². The van der Waals surface area contributed by atoms with Gasteiger partial charge in [-0.3, -0.25) is 13.9 Å². The first-order chi connectivity index (χ1) is 18.6. The van der Waals surface area contributed by atoms with Crippen LogP contribution in [0.15, 0.2) is 83.8 Å². The summed E-state index contributed by atoms with van der Waals surface area (Å²) in [5.41, 5.74) is 2.01. The molecule has 206 valence electrons. The summed E-state index contributed by atoms with van der Waals surface area (Å²) >= 11 is 0. The Hall–Kier alpha value is -3.72. The molecular formula is C30H34FN3O4S. The van der Waals surface area contributed by atoms with Gasteiger partial charge in [-0.2, -0.15) is 0 Å². The third-order valence-corrected chi connectivity index (χ3v) is 8.86. The van der Waals surface area contributed by atoms with E-state index in [2.05, 4.69) is 5.32 Å². The standard InChI is InChI=1S/C30H34FN3O4S/c1-22-12-14-24(15-13-22)20-33(23(2)30(36)32-26-8-6-7-9-26)29(35)21-34(27-18-16-25(31)17-19-27)39(37,38)28-10-4-3-5-11-28/h3-5,10-19,23,26H,6-9,20-21H2,1-2H3,(H,32,36)/t23-/m1/s1. The molecule has 1 fully saturated rings. The first-order valence-corrected chi connectivity index (χ1v) is 14.6. The lowest BCUT2D eigenvalue weighted by Gasteiger charge is -2.32. The number of nitrogens with zero attached hydrogens (tertiary/aromatic N) is 2. The van der Waals surface area contributed by atoms with Gasteiger partial charge in [-0.15, -0.1) is 0 Å². The highest BCUT2D eigenvalue weighted by molar-refractivity contribution is 7.92. The Morgan fingerprint density at radius 3 is 2.18 bits per heavy atom. The van der Waals surface area contributed by atoms with Crippen molar-refractivity contribution < 1.29 is 22.4 Å². The van der Waals surface area contributed by atoms with E-state index < -0.39 is 34.3 Å². The van der Waals surface area contributed by atoms with Crippen molar-refractivity contribution in [2.75, 3.05) is 10.8 Å². The van der Waals surface area contributed by atoms with Gasteiger partial charge in [0.05, 0.1) is 10.6 Å². The third-order valence-electron chi connectivity index (χ3n) is 7.07. The van der Waals surface area contributed by atoms with Crippen LogP contribution in [0.2, 0.25) is 0 Å². The zero-order valence-corrected chi connectivity index (χ0v) is 23.0. The van der Waals surface area contributed by atoms with Crippen molar-refractivity contribution >= 4 is 27.5 Å². The van der Waals surface area contributed by atoms with Gasteiger partial charge < -0.3 is 10.2 Å². The molecule has 0 unspecified atom stereocenters. The average molecular weight is 552 g/mol. The molecule has 2 amide bonds. The summed E-state index contributed by atoms with van der Waals surface area (Å²) in [5, 5.41) is 3.05. The van der Waals surface area contributed by atoms with Crippen LogP contribution in [0.5, 0.6) is 0 Å². The number of benzene rings is 3. The fourth-order valence-electron chi connectivity index (χ4n) is 4.72. The number of aryl methyl sites for hydroxylation is 1. The van der Waals surface area contributed by atoms with E-state index in [1.54, 1.807) is 25.1 Å². The fourth-order valence-corrected chi connectivity index (χ4v) is 6.16. The van der Waals surface area contributed by atoms with Gasteiger partial charge in [0.2, 0.25) is 11.8 Å². The van der Waals surface area contributed by atoms with Crippen molar-refractivity contribution in [2.45, 2.75) is 63.1 Å². The second kappa shape index (κ2) is 12.4. The molecule has 1 aliphatic carbocycles. The molecule has 0 radical (unpaired) electrons. The van der Waals surface area contributed by atoms with E-state index in [9.17, 15) is 22.4 Å². The number of halogens is 1. The molecular weight excluding hydrogens is 517 g/mol. The molecule has 0 aliphatic heterocycles. The van der Waals surface area contributed by atoms with Gasteiger partial charge in [-0.1, -0.05) is 60.9 Å². The predicted octanol–water partition coefficient (Wildman–Crippen LogP) is 4.81. The first-order valence-electron chi connectivity index (χ1n) is 13.1. The van der Waals surface area contributed by atoms with Crippen LogP contribution >= 0.6 is 0 Å². The normalized spacial score (nSPS) is 14.5. The van der Waals surface area contributed by atoms with Crippen LogP contribution in [0.25, 0.3) is 0 Å². The van der Waals surface area contributed by atoms with Crippen molar-refractivity contribution in [2.24, 2.45) is 0 Å². The quantitative estimate of drug-likeness (QED) is 0.392. The summed E-state index contributed by atoms with van der Waals surface area (Å²) < 4.78 is 42.0. The highest BCUT2D eigenvalue weighted by Crippen LogP contribution is 2.25. The number of rotatable bonds is 10. The molecule has 0 bridgehead atoms. The van der Waals surface area contributed by atoms with Crippen molar-refractivity contribution in [3.8, 4) is 0 Å². The molecule has 3 aromatic carbocycles. The lowest BCUT2D eigenvalue weighted by molar-refractivity contribution is -0.139. The van der Waals surface area contributed by atoms with Gasteiger partial charge in [0.1, 0.15) is 18.4 Å². The zero-order valence-electron chi connectivity index (χ0n) is 22.2. The average Bonchev–Trinajstić information content (AvgIpc) is 3.45. The summed E-state index contributed by atoms with van der Waals surface area (Å²) in [6.45, 7) is 3.18. The van der Waals surface area contributed by atoms with E-state index in [0.29, 0.717) is 0 Å². The molecule has 0 aromatic heterocycles. The Labute approximate surface area is 229 Å². The zero-order chi connectivity index (χ0) is 28.0. The van der Waals surface area contributed by atoms with Crippen molar-refractivity contribution in [3.05, 3.63) is 95.8 Å². The summed E-state index contributed by atoms with van der Waals surface area (Å²) in [4.78, 5) is 28.5. The maximum Gasteiger partial charge on any atom is 0.264 e. The Morgan fingerprint density at radius 2 is 1.56 bits per heavy atom. The van der Waals surface area contributed by atoms with Crippen LogP contribution in [-0.2, 0) is 26.2 Å². The molecule has 4 rings (SSSR count). The number of anilines is 1. The molecule has 39 heavy (non-hydrogen) atoms. The van der Waals surface area contributed by atoms with Gasteiger partial charge >= 0.3 is 0 Å². The molecule has 1 atom stereocenters.